The molecule has 1 aliphatic rings. The molecule has 2 nitrogen and oxygen atoms in total. The lowest BCUT2D eigenvalue weighted by atomic mass is 9.93. The topological polar surface area (TPSA) is 38.9 Å². The molecule has 1 aromatic rings. The van der Waals surface area contributed by atoms with E-state index in [0.29, 0.717) is 6.04 Å². The molecule has 2 N–H and O–H groups in total. The highest BCUT2D eigenvalue weighted by Gasteiger charge is 2.14. The van der Waals surface area contributed by atoms with Crippen LogP contribution in [-0.4, -0.2) is 11.0 Å². The highest BCUT2D eigenvalue weighted by molar-refractivity contribution is 5.23. The minimum atomic E-state index is 0.353. The van der Waals surface area contributed by atoms with Crippen molar-refractivity contribution in [3.8, 4) is 0 Å². The average molecular weight is 148 g/mol. The second-order valence-electron chi connectivity index (χ2n) is 3.11. The van der Waals surface area contributed by atoms with Crippen LogP contribution in [0.1, 0.15) is 17.7 Å². The highest BCUT2D eigenvalue weighted by atomic mass is 14.7. The van der Waals surface area contributed by atoms with Gasteiger partial charge in [-0.05, 0) is 30.9 Å². The molecule has 1 aromatic heterocycles. The first kappa shape index (κ1) is 6.80. The Morgan fingerprint density at radius 3 is 3.36 bits per heavy atom. The van der Waals surface area contributed by atoms with Gasteiger partial charge in [0.15, 0.2) is 0 Å². The first-order valence-corrected chi connectivity index (χ1v) is 4.04. The Morgan fingerprint density at radius 1 is 1.55 bits per heavy atom. The molecule has 0 radical (unpaired) electrons. The predicted molar refractivity (Wildman–Crippen MR) is 44.2 cm³/mol. The number of aryl methyl sites for hydroxylation is 1. The molecule has 0 bridgehead atoms. The Kier molecular flexibility index (Phi) is 1.62. The Hall–Kier alpha value is -0.890. The number of rotatable bonds is 0. The second kappa shape index (κ2) is 2.62. The maximum absolute atomic E-state index is 5.82. The summed E-state index contributed by atoms with van der Waals surface area (Å²) in [5.41, 5.74) is 8.41. The van der Waals surface area contributed by atoms with Gasteiger partial charge in [0, 0.05) is 17.9 Å². The highest BCUT2D eigenvalue weighted by Crippen LogP contribution is 2.17. The third-order valence-electron chi connectivity index (χ3n) is 2.22. The normalized spacial score (nSPS) is 22.8. The summed E-state index contributed by atoms with van der Waals surface area (Å²) in [6.07, 6.45) is 5.00. The number of fused-ring (bicyclic) bond motifs is 1. The van der Waals surface area contributed by atoms with Crippen molar-refractivity contribution in [3.05, 3.63) is 29.6 Å². The Bertz CT molecular complexity index is 257. The lowest BCUT2D eigenvalue weighted by molar-refractivity contribution is 0.566. The van der Waals surface area contributed by atoms with Crippen molar-refractivity contribution < 1.29 is 0 Å². The summed E-state index contributed by atoms with van der Waals surface area (Å²) in [5.74, 6) is 0. The number of hydrogen-bond donors (Lipinski definition) is 1. The molecule has 1 aliphatic carbocycles. The van der Waals surface area contributed by atoms with Crippen molar-refractivity contribution in [2.24, 2.45) is 5.73 Å². The Labute approximate surface area is 66.4 Å². The number of nitrogens with zero attached hydrogens (tertiary/aromatic N) is 1. The number of pyridine rings is 1. The van der Waals surface area contributed by atoms with Crippen LogP contribution in [0, 0.1) is 0 Å². The molecule has 58 valence electrons. The number of hydrogen-bond acceptors (Lipinski definition) is 2. The van der Waals surface area contributed by atoms with E-state index in [2.05, 4.69) is 11.1 Å². The summed E-state index contributed by atoms with van der Waals surface area (Å²) >= 11 is 0. The average Bonchev–Trinajstić information content (AvgIpc) is 2.04. The van der Waals surface area contributed by atoms with Gasteiger partial charge < -0.3 is 5.73 Å². The number of aromatic nitrogens is 1. The SMILES string of the molecule is N[C@H]1CCc2ncccc2C1. The van der Waals surface area contributed by atoms with Crippen LogP contribution in [-0.2, 0) is 12.8 Å². The third-order valence-corrected chi connectivity index (χ3v) is 2.22. The molecule has 0 fully saturated rings. The minimum Gasteiger partial charge on any atom is -0.327 e. The summed E-state index contributed by atoms with van der Waals surface area (Å²) in [5, 5.41) is 0. The molecule has 1 heterocycles. The zero-order valence-electron chi connectivity index (χ0n) is 6.46. The largest absolute Gasteiger partial charge is 0.327 e. The van der Waals surface area contributed by atoms with Crippen molar-refractivity contribution in [1.29, 1.82) is 0 Å². The standard InChI is InChI=1S/C9H12N2/c10-8-3-4-9-7(6-8)2-1-5-11-9/h1-2,5,8H,3-4,6,10H2/t8-/m0/s1. The van der Waals surface area contributed by atoms with Crippen LogP contribution in [0.2, 0.25) is 0 Å². The van der Waals surface area contributed by atoms with E-state index in [-0.39, 0.29) is 0 Å². The minimum absolute atomic E-state index is 0.353. The van der Waals surface area contributed by atoms with Gasteiger partial charge >= 0.3 is 0 Å². The van der Waals surface area contributed by atoms with E-state index >= 15 is 0 Å². The zero-order valence-corrected chi connectivity index (χ0v) is 6.46. The zero-order chi connectivity index (χ0) is 7.68. The molecule has 11 heavy (non-hydrogen) atoms. The van der Waals surface area contributed by atoms with Crippen LogP contribution in [0.3, 0.4) is 0 Å². The van der Waals surface area contributed by atoms with Crippen molar-refractivity contribution in [2.75, 3.05) is 0 Å². The molecule has 0 unspecified atom stereocenters. The summed E-state index contributed by atoms with van der Waals surface area (Å²) < 4.78 is 0. The van der Waals surface area contributed by atoms with Gasteiger partial charge in [0.1, 0.15) is 0 Å². The van der Waals surface area contributed by atoms with E-state index in [9.17, 15) is 0 Å². The molecule has 0 spiro atoms. The van der Waals surface area contributed by atoms with Crippen LogP contribution < -0.4 is 5.73 Å². The van der Waals surface area contributed by atoms with E-state index in [0.717, 1.165) is 19.3 Å². The van der Waals surface area contributed by atoms with E-state index in [4.69, 9.17) is 5.73 Å². The maximum atomic E-state index is 5.82. The quantitative estimate of drug-likeness (QED) is 0.593. The molecule has 0 amide bonds. The van der Waals surface area contributed by atoms with Gasteiger partial charge in [0.25, 0.3) is 0 Å². The fourth-order valence-electron chi connectivity index (χ4n) is 1.59. The van der Waals surface area contributed by atoms with Gasteiger partial charge in [-0.2, -0.15) is 0 Å². The fourth-order valence-corrected chi connectivity index (χ4v) is 1.59. The molecule has 2 rings (SSSR count). The lowest BCUT2D eigenvalue weighted by Crippen LogP contribution is -2.28. The van der Waals surface area contributed by atoms with E-state index in [1.807, 2.05) is 12.3 Å². The van der Waals surface area contributed by atoms with Crippen molar-refractivity contribution >= 4 is 0 Å². The number of nitrogens with two attached hydrogens (primary N) is 1. The van der Waals surface area contributed by atoms with Gasteiger partial charge in [-0.3, -0.25) is 4.98 Å². The van der Waals surface area contributed by atoms with Crippen LogP contribution in [0.15, 0.2) is 18.3 Å². The summed E-state index contributed by atoms with van der Waals surface area (Å²) in [7, 11) is 0. The Balaban J connectivity index is 2.34. The third kappa shape index (κ3) is 1.26. The van der Waals surface area contributed by atoms with Crippen LogP contribution in [0.4, 0.5) is 0 Å². The van der Waals surface area contributed by atoms with Gasteiger partial charge in [-0.15, -0.1) is 0 Å². The maximum Gasteiger partial charge on any atom is 0.0436 e. The molecular weight excluding hydrogens is 136 g/mol. The Morgan fingerprint density at radius 2 is 2.45 bits per heavy atom. The van der Waals surface area contributed by atoms with Gasteiger partial charge in [-0.1, -0.05) is 6.07 Å². The van der Waals surface area contributed by atoms with Crippen molar-refractivity contribution in [2.45, 2.75) is 25.3 Å². The molecule has 1 atom stereocenters. The second-order valence-corrected chi connectivity index (χ2v) is 3.11. The monoisotopic (exact) mass is 148 g/mol. The van der Waals surface area contributed by atoms with Gasteiger partial charge in [0.2, 0.25) is 0 Å². The molecule has 0 aromatic carbocycles. The summed E-state index contributed by atoms with van der Waals surface area (Å²) in [6, 6.07) is 4.46. The van der Waals surface area contributed by atoms with E-state index in [1.165, 1.54) is 11.3 Å². The smallest absolute Gasteiger partial charge is 0.0436 e. The molecule has 0 aliphatic heterocycles. The van der Waals surface area contributed by atoms with Crippen molar-refractivity contribution in [1.82, 2.24) is 4.98 Å². The van der Waals surface area contributed by atoms with Gasteiger partial charge in [0.05, 0.1) is 0 Å². The van der Waals surface area contributed by atoms with Gasteiger partial charge in [-0.25, -0.2) is 0 Å². The lowest BCUT2D eigenvalue weighted by Gasteiger charge is -2.19. The summed E-state index contributed by atoms with van der Waals surface area (Å²) in [6.45, 7) is 0. The summed E-state index contributed by atoms with van der Waals surface area (Å²) in [4.78, 5) is 4.30. The molecular formula is C9H12N2. The van der Waals surface area contributed by atoms with Crippen LogP contribution in [0.5, 0.6) is 0 Å². The van der Waals surface area contributed by atoms with Crippen molar-refractivity contribution in [3.63, 3.8) is 0 Å². The van der Waals surface area contributed by atoms with Crippen LogP contribution in [0.25, 0.3) is 0 Å². The van der Waals surface area contributed by atoms with E-state index in [1.54, 1.807) is 0 Å². The fraction of sp³-hybridized carbons (Fsp3) is 0.444. The molecule has 2 heteroatoms. The first-order chi connectivity index (χ1) is 5.36. The molecule has 0 saturated heterocycles. The first-order valence-electron chi connectivity index (χ1n) is 4.04. The van der Waals surface area contributed by atoms with Crippen LogP contribution >= 0.6 is 0 Å². The molecule has 0 saturated carbocycles. The van der Waals surface area contributed by atoms with E-state index < -0.39 is 0 Å². The predicted octanol–water partition coefficient (Wildman–Crippen LogP) is 0.898.